The van der Waals surface area contributed by atoms with E-state index in [9.17, 15) is 5.11 Å². The number of phenolic OH excluding ortho intramolecular Hbond substituents is 1. The Kier molecular flexibility index (Phi) is 4.74. The van der Waals surface area contributed by atoms with E-state index in [4.69, 9.17) is 9.97 Å². The van der Waals surface area contributed by atoms with Crippen LogP contribution in [0, 0.1) is 6.92 Å². The number of piperidine rings is 1. The average molecular weight is 418 g/mol. The Morgan fingerprint density at radius 3 is 2.65 bits per heavy atom. The molecule has 1 saturated heterocycles. The Bertz CT molecular complexity index is 1270. The molecule has 1 fully saturated rings. The number of aromatic nitrogens is 5. The van der Waals surface area contributed by atoms with Crippen molar-refractivity contribution >= 4 is 27.9 Å². The third-order valence-corrected chi connectivity index (χ3v) is 6.31. The fourth-order valence-corrected chi connectivity index (χ4v) is 4.45. The maximum atomic E-state index is 10.8. The van der Waals surface area contributed by atoms with E-state index < -0.39 is 0 Å². The molecule has 5 rings (SSSR count). The highest BCUT2D eigenvalue weighted by molar-refractivity contribution is 5.91. The minimum atomic E-state index is 0.200. The van der Waals surface area contributed by atoms with Gasteiger partial charge in [-0.15, -0.1) is 0 Å². The van der Waals surface area contributed by atoms with Gasteiger partial charge in [0.05, 0.1) is 17.4 Å². The molecule has 1 aliphatic rings. The largest absolute Gasteiger partial charge is 0.507 e. The van der Waals surface area contributed by atoms with Crippen LogP contribution in [0.25, 0.3) is 33.3 Å². The summed E-state index contributed by atoms with van der Waals surface area (Å²) in [5.74, 6) is 1.10. The minimum Gasteiger partial charge on any atom is -0.507 e. The summed E-state index contributed by atoms with van der Waals surface area (Å²) in [6, 6.07) is 6.39. The number of aromatic hydroxyl groups is 1. The van der Waals surface area contributed by atoms with Crippen molar-refractivity contribution in [3.8, 4) is 17.0 Å². The first-order valence-corrected chi connectivity index (χ1v) is 10.6. The monoisotopic (exact) mass is 417 g/mol. The Morgan fingerprint density at radius 2 is 1.90 bits per heavy atom. The molecule has 1 N–H and O–H groups in total. The van der Waals surface area contributed by atoms with Crippen LogP contribution in [0.5, 0.6) is 5.75 Å². The molecule has 1 aliphatic heterocycles. The van der Waals surface area contributed by atoms with Crippen LogP contribution in [0.1, 0.15) is 18.4 Å². The van der Waals surface area contributed by atoms with Gasteiger partial charge in [0.1, 0.15) is 17.1 Å². The van der Waals surface area contributed by atoms with Crippen molar-refractivity contribution in [2.45, 2.75) is 25.8 Å². The standard InChI is InChI=1S/C23H27N7O/c1-14-21-15(13-29(4)27-21)11-17(22(14)31)18-5-6-19-23(26-18)24-12-20(25-19)30-9-7-16(8-10-30)28(2)3/h5-6,11-13,16,31H,7-10H2,1-4H3. The van der Waals surface area contributed by atoms with Gasteiger partial charge in [-0.05, 0) is 52.1 Å². The van der Waals surface area contributed by atoms with Gasteiger partial charge in [-0.2, -0.15) is 5.10 Å². The summed E-state index contributed by atoms with van der Waals surface area (Å²) in [5.41, 5.74) is 4.23. The van der Waals surface area contributed by atoms with E-state index in [1.807, 2.05) is 44.6 Å². The van der Waals surface area contributed by atoms with Crippen molar-refractivity contribution in [1.29, 1.82) is 0 Å². The zero-order chi connectivity index (χ0) is 21.7. The number of anilines is 1. The van der Waals surface area contributed by atoms with Gasteiger partial charge in [0, 0.05) is 48.9 Å². The molecule has 31 heavy (non-hydrogen) atoms. The van der Waals surface area contributed by atoms with Gasteiger partial charge in [-0.25, -0.2) is 15.0 Å². The van der Waals surface area contributed by atoms with E-state index in [2.05, 4.69) is 34.0 Å². The maximum Gasteiger partial charge on any atom is 0.178 e. The van der Waals surface area contributed by atoms with Crippen LogP contribution in [0.4, 0.5) is 5.82 Å². The molecule has 0 saturated carbocycles. The summed E-state index contributed by atoms with van der Waals surface area (Å²) in [4.78, 5) is 18.7. The molecular formula is C23H27N7O. The lowest BCUT2D eigenvalue weighted by Gasteiger charge is -2.35. The molecule has 0 atom stereocenters. The van der Waals surface area contributed by atoms with Crippen molar-refractivity contribution in [2.24, 2.45) is 7.05 Å². The highest BCUT2D eigenvalue weighted by atomic mass is 16.3. The summed E-state index contributed by atoms with van der Waals surface area (Å²) in [6.07, 6.45) is 6.00. The van der Waals surface area contributed by atoms with Crippen LogP contribution in [-0.2, 0) is 7.05 Å². The lowest BCUT2D eigenvalue weighted by molar-refractivity contribution is 0.249. The summed E-state index contributed by atoms with van der Waals surface area (Å²) in [6.45, 7) is 3.83. The predicted octanol–water partition coefficient (Wildman–Crippen LogP) is 3.12. The normalized spacial score (nSPS) is 15.5. The lowest BCUT2D eigenvalue weighted by atomic mass is 10.0. The van der Waals surface area contributed by atoms with Crippen molar-refractivity contribution < 1.29 is 5.11 Å². The van der Waals surface area contributed by atoms with Crippen LogP contribution in [-0.4, -0.2) is 68.0 Å². The highest BCUT2D eigenvalue weighted by Gasteiger charge is 2.22. The number of benzene rings is 1. The van der Waals surface area contributed by atoms with Gasteiger partial charge in [-0.1, -0.05) is 0 Å². The molecule has 0 unspecified atom stereocenters. The predicted molar refractivity (Wildman–Crippen MR) is 122 cm³/mol. The Balaban J connectivity index is 1.47. The van der Waals surface area contributed by atoms with Crippen LogP contribution < -0.4 is 4.90 Å². The fourth-order valence-electron chi connectivity index (χ4n) is 4.45. The summed E-state index contributed by atoms with van der Waals surface area (Å²) in [7, 11) is 6.16. The smallest absolute Gasteiger partial charge is 0.178 e. The molecule has 8 nitrogen and oxygen atoms in total. The van der Waals surface area contributed by atoms with Crippen LogP contribution in [0.2, 0.25) is 0 Å². The number of rotatable bonds is 3. The number of nitrogens with zero attached hydrogens (tertiary/aromatic N) is 7. The van der Waals surface area contributed by atoms with Crippen molar-refractivity contribution in [3.05, 3.63) is 36.2 Å². The van der Waals surface area contributed by atoms with Crippen molar-refractivity contribution in [1.82, 2.24) is 29.6 Å². The van der Waals surface area contributed by atoms with E-state index in [0.29, 0.717) is 22.9 Å². The number of aryl methyl sites for hydroxylation is 2. The molecule has 8 heteroatoms. The van der Waals surface area contributed by atoms with E-state index >= 15 is 0 Å². The summed E-state index contributed by atoms with van der Waals surface area (Å²) < 4.78 is 1.75. The van der Waals surface area contributed by atoms with E-state index in [0.717, 1.165) is 53.7 Å². The average Bonchev–Trinajstić information content (AvgIpc) is 3.16. The fraction of sp³-hybridized carbons (Fsp3) is 0.391. The molecule has 4 aromatic rings. The molecular weight excluding hydrogens is 390 g/mol. The van der Waals surface area contributed by atoms with Crippen LogP contribution in [0.15, 0.2) is 30.6 Å². The third-order valence-electron chi connectivity index (χ3n) is 6.31. The quantitative estimate of drug-likeness (QED) is 0.548. The van der Waals surface area contributed by atoms with Gasteiger partial charge in [0.25, 0.3) is 0 Å². The van der Waals surface area contributed by atoms with Gasteiger partial charge in [-0.3, -0.25) is 4.68 Å². The third kappa shape index (κ3) is 3.46. The van der Waals surface area contributed by atoms with Gasteiger partial charge in [0.2, 0.25) is 0 Å². The van der Waals surface area contributed by atoms with Crippen LogP contribution in [0.3, 0.4) is 0 Å². The topological polar surface area (TPSA) is 83.2 Å². The zero-order valence-electron chi connectivity index (χ0n) is 18.4. The molecule has 0 aliphatic carbocycles. The van der Waals surface area contributed by atoms with Gasteiger partial charge >= 0.3 is 0 Å². The number of hydrogen-bond acceptors (Lipinski definition) is 7. The molecule has 0 amide bonds. The number of hydrogen-bond donors (Lipinski definition) is 1. The lowest BCUT2D eigenvalue weighted by Crippen LogP contribution is -2.42. The Hall–Kier alpha value is -3.26. The first-order valence-electron chi connectivity index (χ1n) is 10.6. The van der Waals surface area contributed by atoms with E-state index in [1.165, 1.54) is 0 Å². The molecule has 160 valence electrons. The van der Waals surface area contributed by atoms with E-state index in [-0.39, 0.29) is 5.75 Å². The molecule has 0 spiro atoms. The minimum absolute atomic E-state index is 0.200. The summed E-state index contributed by atoms with van der Waals surface area (Å²) in [5, 5.41) is 16.2. The molecule has 0 bridgehead atoms. The number of pyridine rings is 1. The molecule has 4 heterocycles. The zero-order valence-corrected chi connectivity index (χ0v) is 18.4. The molecule has 3 aromatic heterocycles. The maximum absolute atomic E-state index is 10.8. The highest BCUT2D eigenvalue weighted by Crippen LogP contribution is 2.36. The van der Waals surface area contributed by atoms with E-state index in [1.54, 1.807) is 4.68 Å². The summed E-state index contributed by atoms with van der Waals surface area (Å²) >= 11 is 0. The Labute approximate surface area is 181 Å². The first-order chi connectivity index (χ1) is 14.9. The Morgan fingerprint density at radius 1 is 1.13 bits per heavy atom. The van der Waals surface area contributed by atoms with Crippen molar-refractivity contribution in [3.63, 3.8) is 0 Å². The second-order valence-electron chi connectivity index (χ2n) is 8.59. The van der Waals surface area contributed by atoms with Crippen molar-refractivity contribution in [2.75, 3.05) is 32.1 Å². The molecule has 1 aromatic carbocycles. The van der Waals surface area contributed by atoms with Crippen LogP contribution >= 0.6 is 0 Å². The number of fused-ring (bicyclic) bond motifs is 2. The molecule has 0 radical (unpaired) electrons. The SMILES string of the molecule is Cc1c(O)c(-c2ccc3nc(N4CCC(N(C)C)CC4)cnc3n2)cc2cn(C)nc12. The van der Waals surface area contributed by atoms with Gasteiger partial charge in [0.15, 0.2) is 5.65 Å². The second kappa shape index (κ2) is 7.46. The second-order valence-corrected chi connectivity index (χ2v) is 8.59. The number of phenols is 1. The first kappa shape index (κ1) is 19.7. The van der Waals surface area contributed by atoms with Gasteiger partial charge < -0.3 is 14.9 Å².